The van der Waals surface area contributed by atoms with Crippen LogP contribution in [0.5, 0.6) is 0 Å². The fourth-order valence-electron chi connectivity index (χ4n) is 6.09. The molecule has 1 aliphatic heterocycles. The van der Waals surface area contributed by atoms with Gasteiger partial charge in [-0.3, -0.25) is 0 Å². The van der Waals surface area contributed by atoms with Crippen LogP contribution in [0.15, 0.2) is 0 Å². The van der Waals surface area contributed by atoms with Gasteiger partial charge in [0.2, 0.25) is 0 Å². The molecule has 182 valence electrons. The quantitative estimate of drug-likeness (QED) is 0.391. The average molecular weight is 455 g/mol. The van der Waals surface area contributed by atoms with E-state index in [0.29, 0.717) is 23.2 Å². The van der Waals surface area contributed by atoms with Gasteiger partial charge < -0.3 is 13.6 Å². The molecule has 31 heavy (non-hydrogen) atoms. The zero-order chi connectivity index (χ0) is 23.2. The number of hydrogen-bond acceptors (Lipinski definition) is 3. The first-order valence-corrected chi connectivity index (χ1v) is 13.9. The first-order chi connectivity index (χ1) is 14.1. The fraction of sp³-hybridized carbons (Fsp3) is 1.00. The summed E-state index contributed by atoms with van der Waals surface area (Å²) in [7, 11) is -1.25. The van der Waals surface area contributed by atoms with Gasteiger partial charge in [0, 0.05) is 5.41 Å². The summed E-state index contributed by atoms with van der Waals surface area (Å²) in [5.74, 6) is 2.59. The Morgan fingerprint density at radius 1 is 0.742 bits per heavy atom. The van der Waals surface area contributed by atoms with E-state index in [1.165, 1.54) is 38.5 Å². The molecule has 0 bridgehead atoms. The maximum absolute atomic E-state index is 6.85. The Morgan fingerprint density at radius 2 is 1.19 bits per heavy atom. The van der Waals surface area contributed by atoms with Crippen LogP contribution in [0.25, 0.3) is 0 Å². The SMILES string of the molecule is CC1CCC2(CC1)COP(OC1C(C(C)(C)C)CC(C(C)(C)C)CC1C(C)(C)C)OC2. The van der Waals surface area contributed by atoms with Crippen LogP contribution in [0, 0.1) is 45.3 Å². The standard InChI is InChI=1S/C27H51O3P/c1-19-11-13-27(14-12-19)17-28-31(29-18-27)30-23-21(25(5,6)7)15-20(24(2,3)4)16-22(23)26(8,9)10/h19-23H,11-18H2,1-10H3. The molecule has 1 heterocycles. The van der Waals surface area contributed by atoms with Gasteiger partial charge in [0.05, 0.1) is 19.3 Å². The molecule has 3 fully saturated rings. The van der Waals surface area contributed by atoms with Gasteiger partial charge in [-0.25, -0.2) is 0 Å². The van der Waals surface area contributed by atoms with Gasteiger partial charge in [0.1, 0.15) is 0 Å². The third-order valence-electron chi connectivity index (χ3n) is 8.81. The minimum Gasteiger partial charge on any atom is -0.312 e. The summed E-state index contributed by atoms with van der Waals surface area (Å²) in [4.78, 5) is 0. The zero-order valence-electron chi connectivity index (χ0n) is 22.2. The van der Waals surface area contributed by atoms with Gasteiger partial charge >= 0.3 is 8.60 Å². The van der Waals surface area contributed by atoms with E-state index in [2.05, 4.69) is 69.2 Å². The fourth-order valence-corrected chi connectivity index (χ4v) is 7.53. The maximum Gasteiger partial charge on any atom is 0.332 e. The Bertz CT molecular complexity index is 555. The summed E-state index contributed by atoms with van der Waals surface area (Å²) in [6.07, 6.45) is 7.75. The minimum atomic E-state index is -1.25. The van der Waals surface area contributed by atoms with Crippen molar-refractivity contribution in [1.82, 2.24) is 0 Å². The van der Waals surface area contributed by atoms with E-state index in [4.69, 9.17) is 13.6 Å². The van der Waals surface area contributed by atoms with Crippen molar-refractivity contribution >= 4 is 8.60 Å². The largest absolute Gasteiger partial charge is 0.332 e. The third kappa shape index (κ3) is 6.26. The second kappa shape index (κ2) is 9.16. The monoisotopic (exact) mass is 454 g/mol. The summed E-state index contributed by atoms with van der Waals surface area (Å²) >= 11 is 0. The van der Waals surface area contributed by atoms with Crippen LogP contribution < -0.4 is 0 Å². The molecule has 3 aliphatic rings. The van der Waals surface area contributed by atoms with Crippen LogP contribution in [-0.2, 0) is 13.6 Å². The van der Waals surface area contributed by atoms with Gasteiger partial charge in [-0.15, -0.1) is 0 Å². The number of hydrogen-bond donors (Lipinski definition) is 0. The van der Waals surface area contributed by atoms with E-state index in [-0.39, 0.29) is 22.3 Å². The van der Waals surface area contributed by atoms with Crippen LogP contribution in [0.1, 0.15) is 108 Å². The zero-order valence-corrected chi connectivity index (χ0v) is 23.1. The summed E-state index contributed by atoms with van der Waals surface area (Å²) in [6.45, 7) is 25.6. The van der Waals surface area contributed by atoms with Gasteiger partial charge in [-0.2, -0.15) is 0 Å². The van der Waals surface area contributed by atoms with E-state index in [0.717, 1.165) is 19.1 Å². The molecule has 0 N–H and O–H groups in total. The van der Waals surface area contributed by atoms with E-state index < -0.39 is 8.60 Å². The van der Waals surface area contributed by atoms with Gasteiger partial charge in [0.15, 0.2) is 0 Å². The third-order valence-corrected chi connectivity index (χ3v) is 9.91. The predicted molar refractivity (Wildman–Crippen MR) is 132 cm³/mol. The van der Waals surface area contributed by atoms with E-state index in [9.17, 15) is 0 Å². The lowest BCUT2D eigenvalue weighted by atomic mass is 9.55. The molecule has 0 aromatic carbocycles. The highest BCUT2D eigenvalue weighted by molar-refractivity contribution is 7.41. The first kappa shape index (κ1) is 25.9. The van der Waals surface area contributed by atoms with Crippen LogP contribution >= 0.6 is 8.60 Å². The van der Waals surface area contributed by atoms with Crippen molar-refractivity contribution in [2.45, 2.75) is 114 Å². The maximum atomic E-state index is 6.85. The lowest BCUT2D eigenvalue weighted by molar-refractivity contribution is -0.105. The van der Waals surface area contributed by atoms with Crippen LogP contribution in [0.3, 0.4) is 0 Å². The second-order valence-electron chi connectivity index (χ2n) is 14.5. The molecule has 3 rings (SSSR count). The smallest absolute Gasteiger partial charge is 0.312 e. The van der Waals surface area contributed by atoms with E-state index in [1.54, 1.807) is 0 Å². The highest BCUT2D eigenvalue weighted by Gasteiger charge is 2.51. The van der Waals surface area contributed by atoms with Gasteiger partial charge in [-0.05, 0) is 65.6 Å². The molecule has 0 aromatic rings. The highest BCUT2D eigenvalue weighted by Crippen LogP contribution is 2.59. The van der Waals surface area contributed by atoms with Crippen LogP contribution in [-0.4, -0.2) is 19.3 Å². The molecule has 4 heteroatoms. The van der Waals surface area contributed by atoms with Crippen molar-refractivity contribution in [3.8, 4) is 0 Å². The topological polar surface area (TPSA) is 27.7 Å². The van der Waals surface area contributed by atoms with Crippen molar-refractivity contribution < 1.29 is 13.6 Å². The molecule has 2 saturated carbocycles. The number of rotatable bonds is 2. The van der Waals surface area contributed by atoms with Crippen molar-refractivity contribution in [3.05, 3.63) is 0 Å². The average Bonchev–Trinajstić information content (AvgIpc) is 2.63. The molecule has 0 amide bonds. The van der Waals surface area contributed by atoms with E-state index >= 15 is 0 Å². The molecular formula is C27H51O3P. The molecular weight excluding hydrogens is 403 g/mol. The summed E-state index contributed by atoms with van der Waals surface area (Å²) in [5, 5.41) is 0. The Labute approximate surface area is 194 Å². The van der Waals surface area contributed by atoms with Crippen molar-refractivity contribution in [2.75, 3.05) is 13.2 Å². The van der Waals surface area contributed by atoms with Gasteiger partial charge in [0.25, 0.3) is 0 Å². The Hall–Kier alpha value is 0.310. The molecule has 2 unspecified atom stereocenters. The molecule has 1 saturated heterocycles. The molecule has 1 spiro atoms. The first-order valence-electron chi connectivity index (χ1n) is 12.8. The summed E-state index contributed by atoms with van der Waals surface area (Å²) in [6, 6.07) is 0. The van der Waals surface area contributed by atoms with Crippen molar-refractivity contribution in [1.29, 1.82) is 0 Å². The normalized spacial score (nSPS) is 40.8. The second-order valence-corrected chi connectivity index (χ2v) is 15.7. The molecule has 2 aliphatic carbocycles. The van der Waals surface area contributed by atoms with E-state index in [1.807, 2.05) is 0 Å². The Kier molecular flexibility index (Phi) is 7.66. The Morgan fingerprint density at radius 3 is 1.58 bits per heavy atom. The molecule has 2 atom stereocenters. The highest BCUT2D eigenvalue weighted by atomic mass is 31.2. The minimum absolute atomic E-state index is 0.198. The summed E-state index contributed by atoms with van der Waals surface area (Å²) in [5.41, 5.74) is 0.963. The molecule has 3 nitrogen and oxygen atoms in total. The lowest BCUT2D eigenvalue weighted by Crippen LogP contribution is -2.50. The van der Waals surface area contributed by atoms with Crippen LogP contribution in [0.4, 0.5) is 0 Å². The Balaban J connectivity index is 1.75. The lowest BCUT2D eigenvalue weighted by Gasteiger charge is -2.54. The molecule has 0 radical (unpaired) electrons. The van der Waals surface area contributed by atoms with Gasteiger partial charge in [-0.1, -0.05) is 82.1 Å². The van der Waals surface area contributed by atoms with Crippen molar-refractivity contribution in [3.63, 3.8) is 0 Å². The predicted octanol–water partition coefficient (Wildman–Crippen LogP) is 8.62. The van der Waals surface area contributed by atoms with Crippen LogP contribution in [0.2, 0.25) is 0 Å². The molecule has 0 aromatic heterocycles. The summed E-state index contributed by atoms with van der Waals surface area (Å²) < 4.78 is 19.5. The van der Waals surface area contributed by atoms with Crippen molar-refractivity contribution in [2.24, 2.45) is 45.3 Å².